The number of ether oxygens (including phenoxy) is 2. The van der Waals surface area contributed by atoms with E-state index in [1.54, 1.807) is 23.1 Å². The van der Waals surface area contributed by atoms with Crippen molar-refractivity contribution in [3.63, 3.8) is 0 Å². The molecule has 31 heavy (non-hydrogen) atoms. The highest BCUT2D eigenvalue weighted by atomic mass is 32.2. The predicted octanol–water partition coefficient (Wildman–Crippen LogP) is 1.36. The largest absolute Gasteiger partial charge is 0.454 e. The number of piperazine rings is 1. The smallest absolute Gasteiger partial charge is 0.254 e. The highest BCUT2D eigenvalue weighted by molar-refractivity contribution is 7.92. The summed E-state index contributed by atoms with van der Waals surface area (Å²) < 4.78 is 35.3. The van der Waals surface area contributed by atoms with Crippen molar-refractivity contribution in [1.82, 2.24) is 9.80 Å². The average Bonchev–Trinajstić information content (AvgIpc) is 3.24. The van der Waals surface area contributed by atoms with Crippen LogP contribution in [0.25, 0.3) is 0 Å². The molecule has 2 amide bonds. The van der Waals surface area contributed by atoms with Crippen molar-refractivity contribution >= 4 is 21.7 Å². The standard InChI is InChI=1S/C22H24N2O6S/c1-31(27,28)20(13-16-5-3-2-4-6-16)22(26)24-11-9-23(10-12-24)21(25)17-7-8-18-19(14-17)30-15-29-18/h2-8,14,20H,9-13,15H2,1H3/t20-/m0/s1. The molecule has 2 aliphatic rings. The van der Waals surface area contributed by atoms with E-state index in [-0.39, 0.29) is 32.2 Å². The topological polar surface area (TPSA) is 93.2 Å². The van der Waals surface area contributed by atoms with E-state index in [4.69, 9.17) is 9.47 Å². The highest BCUT2D eigenvalue weighted by Gasteiger charge is 2.35. The second-order valence-corrected chi connectivity index (χ2v) is 9.92. The van der Waals surface area contributed by atoms with E-state index in [9.17, 15) is 18.0 Å². The van der Waals surface area contributed by atoms with Crippen molar-refractivity contribution in [2.45, 2.75) is 11.7 Å². The Bertz CT molecular complexity index is 1080. The van der Waals surface area contributed by atoms with Gasteiger partial charge in [-0.25, -0.2) is 8.42 Å². The maximum Gasteiger partial charge on any atom is 0.254 e. The van der Waals surface area contributed by atoms with Crippen molar-refractivity contribution in [3.8, 4) is 11.5 Å². The van der Waals surface area contributed by atoms with Gasteiger partial charge in [0.25, 0.3) is 5.91 Å². The molecule has 0 aliphatic carbocycles. The van der Waals surface area contributed by atoms with Crippen LogP contribution in [0.15, 0.2) is 48.5 Å². The zero-order chi connectivity index (χ0) is 22.0. The molecule has 2 aromatic rings. The number of hydrogen-bond donors (Lipinski definition) is 0. The third kappa shape index (κ3) is 4.66. The molecule has 8 nitrogen and oxygen atoms in total. The van der Waals surface area contributed by atoms with Gasteiger partial charge in [-0.05, 0) is 30.2 Å². The van der Waals surface area contributed by atoms with Crippen LogP contribution in [0.2, 0.25) is 0 Å². The second kappa shape index (κ2) is 8.58. The fourth-order valence-electron chi connectivity index (χ4n) is 3.80. The average molecular weight is 445 g/mol. The molecule has 1 atom stereocenters. The summed E-state index contributed by atoms with van der Waals surface area (Å²) in [4.78, 5) is 29.1. The Morgan fingerprint density at radius 3 is 2.26 bits per heavy atom. The van der Waals surface area contributed by atoms with Crippen LogP contribution in [0.4, 0.5) is 0 Å². The van der Waals surface area contributed by atoms with Gasteiger partial charge in [-0.1, -0.05) is 30.3 Å². The minimum atomic E-state index is -3.59. The number of sulfone groups is 1. The predicted molar refractivity (Wildman–Crippen MR) is 114 cm³/mol. The van der Waals surface area contributed by atoms with Gasteiger partial charge < -0.3 is 19.3 Å². The fourth-order valence-corrected chi connectivity index (χ4v) is 4.81. The Morgan fingerprint density at radius 2 is 1.58 bits per heavy atom. The first-order valence-corrected chi connectivity index (χ1v) is 12.0. The third-order valence-corrected chi connectivity index (χ3v) is 6.96. The molecule has 0 unspecified atom stereocenters. The summed E-state index contributed by atoms with van der Waals surface area (Å²) in [5.74, 6) is 0.574. The molecule has 2 aliphatic heterocycles. The lowest BCUT2D eigenvalue weighted by molar-refractivity contribution is -0.132. The highest BCUT2D eigenvalue weighted by Crippen LogP contribution is 2.32. The van der Waals surface area contributed by atoms with Gasteiger partial charge in [0.05, 0.1) is 0 Å². The van der Waals surface area contributed by atoms with Gasteiger partial charge in [0.2, 0.25) is 12.7 Å². The molecule has 0 saturated carbocycles. The van der Waals surface area contributed by atoms with Crippen LogP contribution in [0.5, 0.6) is 11.5 Å². The van der Waals surface area contributed by atoms with E-state index in [1.807, 2.05) is 30.3 Å². The van der Waals surface area contributed by atoms with Crippen molar-refractivity contribution in [1.29, 1.82) is 0 Å². The number of hydrogen-bond acceptors (Lipinski definition) is 6. The van der Waals surface area contributed by atoms with Gasteiger partial charge in [0.15, 0.2) is 21.3 Å². The van der Waals surface area contributed by atoms with Crippen LogP contribution < -0.4 is 9.47 Å². The number of carbonyl (C=O) groups is 2. The molecule has 0 bridgehead atoms. The molecule has 1 saturated heterocycles. The first kappa shape index (κ1) is 21.2. The van der Waals surface area contributed by atoms with E-state index < -0.39 is 21.0 Å². The van der Waals surface area contributed by atoms with Gasteiger partial charge in [-0.15, -0.1) is 0 Å². The van der Waals surface area contributed by atoms with Crippen LogP contribution in [0.3, 0.4) is 0 Å². The fraction of sp³-hybridized carbons (Fsp3) is 0.364. The molecule has 2 aromatic carbocycles. The van der Waals surface area contributed by atoms with Crippen molar-refractivity contribution in [3.05, 3.63) is 59.7 Å². The van der Waals surface area contributed by atoms with Gasteiger partial charge in [-0.3, -0.25) is 9.59 Å². The molecule has 1 fully saturated rings. The number of nitrogens with zero attached hydrogens (tertiary/aromatic N) is 2. The summed E-state index contributed by atoms with van der Waals surface area (Å²) in [5.41, 5.74) is 1.28. The molecular weight excluding hydrogens is 420 g/mol. The minimum Gasteiger partial charge on any atom is -0.454 e. The van der Waals surface area contributed by atoms with Crippen LogP contribution in [-0.4, -0.2) is 74.5 Å². The number of rotatable bonds is 5. The lowest BCUT2D eigenvalue weighted by Gasteiger charge is -2.36. The van der Waals surface area contributed by atoms with E-state index in [0.717, 1.165) is 11.8 Å². The summed E-state index contributed by atoms with van der Waals surface area (Å²) in [5, 5.41) is -1.13. The van der Waals surface area contributed by atoms with E-state index >= 15 is 0 Å². The molecule has 0 spiro atoms. The van der Waals surface area contributed by atoms with Gasteiger partial charge in [0.1, 0.15) is 5.25 Å². The lowest BCUT2D eigenvalue weighted by atomic mass is 10.1. The molecule has 164 valence electrons. The number of fused-ring (bicyclic) bond motifs is 1. The van der Waals surface area contributed by atoms with E-state index in [1.165, 1.54) is 4.90 Å². The third-order valence-electron chi connectivity index (χ3n) is 5.55. The summed E-state index contributed by atoms with van der Waals surface area (Å²) in [6.07, 6.45) is 1.23. The number of benzene rings is 2. The van der Waals surface area contributed by atoms with Crippen LogP contribution >= 0.6 is 0 Å². The molecule has 4 rings (SSSR count). The van der Waals surface area contributed by atoms with Crippen LogP contribution in [-0.2, 0) is 21.1 Å². The Labute approximate surface area is 181 Å². The summed E-state index contributed by atoms with van der Waals surface area (Å²) in [7, 11) is -3.59. The SMILES string of the molecule is CS(=O)(=O)[C@@H](Cc1ccccc1)C(=O)N1CCN(C(=O)c2ccc3c(c2)OCO3)CC1. The molecule has 0 aromatic heterocycles. The monoisotopic (exact) mass is 444 g/mol. The van der Waals surface area contributed by atoms with Gasteiger partial charge >= 0.3 is 0 Å². The van der Waals surface area contributed by atoms with Gasteiger partial charge in [0, 0.05) is 38.0 Å². The first-order valence-electron chi connectivity index (χ1n) is 10.0. The van der Waals surface area contributed by atoms with E-state index in [0.29, 0.717) is 30.2 Å². The maximum absolute atomic E-state index is 13.0. The summed E-state index contributed by atoms with van der Waals surface area (Å²) in [6, 6.07) is 14.2. The van der Waals surface area contributed by atoms with Gasteiger partial charge in [-0.2, -0.15) is 0 Å². The van der Waals surface area contributed by atoms with E-state index in [2.05, 4.69) is 0 Å². The minimum absolute atomic E-state index is 0.134. The number of amides is 2. The molecule has 9 heteroatoms. The summed E-state index contributed by atoms with van der Waals surface area (Å²) >= 11 is 0. The molecule has 2 heterocycles. The van der Waals surface area contributed by atoms with Crippen LogP contribution in [0, 0.1) is 0 Å². The Balaban J connectivity index is 1.41. The zero-order valence-corrected chi connectivity index (χ0v) is 18.0. The Hall–Kier alpha value is -3.07. The normalized spacial score (nSPS) is 16.8. The maximum atomic E-state index is 13.0. The van der Waals surface area contributed by atoms with Crippen molar-refractivity contribution in [2.75, 3.05) is 39.2 Å². The van der Waals surface area contributed by atoms with Crippen molar-refractivity contribution < 1.29 is 27.5 Å². The lowest BCUT2D eigenvalue weighted by Crippen LogP contribution is -2.54. The molecule has 0 radical (unpaired) electrons. The Kier molecular flexibility index (Phi) is 5.86. The first-order chi connectivity index (χ1) is 14.8. The second-order valence-electron chi connectivity index (χ2n) is 7.69. The molecule has 0 N–H and O–H groups in total. The zero-order valence-electron chi connectivity index (χ0n) is 17.2. The molecular formula is C22H24N2O6S. The van der Waals surface area contributed by atoms with Crippen molar-refractivity contribution in [2.24, 2.45) is 0 Å². The number of carbonyl (C=O) groups excluding carboxylic acids is 2. The van der Waals surface area contributed by atoms with Crippen LogP contribution in [0.1, 0.15) is 15.9 Å². The Morgan fingerprint density at radius 1 is 0.935 bits per heavy atom. The summed E-state index contributed by atoms with van der Waals surface area (Å²) in [6.45, 7) is 1.38. The quantitative estimate of drug-likeness (QED) is 0.691.